The number of nitrogens with zero attached hydrogens (tertiary/aromatic N) is 2. The maximum Gasteiger partial charge on any atom is 0.336 e. The van der Waals surface area contributed by atoms with Gasteiger partial charge < -0.3 is 5.11 Å². The van der Waals surface area contributed by atoms with Crippen LogP contribution in [0.5, 0.6) is 0 Å². The number of aromatic nitrogens is 1. The molecule has 0 bridgehead atoms. The van der Waals surface area contributed by atoms with Gasteiger partial charge in [-0.2, -0.15) is 5.26 Å². The molecule has 0 spiro atoms. The van der Waals surface area contributed by atoms with Crippen LogP contribution in [0.15, 0.2) is 30.5 Å². The number of pyridine rings is 1. The second kappa shape index (κ2) is 5.53. The van der Waals surface area contributed by atoms with Gasteiger partial charge in [-0.3, -0.25) is 4.98 Å². The number of carbonyl (C=O) groups is 1. The van der Waals surface area contributed by atoms with Crippen molar-refractivity contribution in [2.24, 2.45) is 5.92 Å². The lowest BCUT2D eigenvalue weighted by atomic mass is 9.79. The molecule has 1 fully saturated rings. The molecule has 0 amide bonds. The third kappa shape index (κ3) is 2.59. The molecule has 0 radical (unpaired) electrons. The smallest absolute Gasteiger partial charge is 0.336 e. The summed E-state index contributed by atoms with van der Waals surface area (Å²) in [5, 5.41) is 18.9. The Labute approximate surface area is 123 Å². The van der Waals surface area contributed by atoms with Crippen molar-refractivity contribution >= 4 is 16.9 Å². The molecule has 1 N–H and O–H groups in total. The van der Waals surface area contributed by atoms with Crippen molar-refractivity contribution in [2.45, 2.75) is 31.6 Å². The molecule has 0 atom stereocenters. The summed E-state index contributed by atoms with van der Waals surface area (Å²) in [7, 11) is 0. The van der Waals surface area contributed by atoms with Crippen molar-refractivity contribution in [3.8, 4) is 6.07 Å². The topological polar surface area (TPSA) is 74.0 Å². The minimum atomic E-state index is -0.923. The molecule has 2 aromatic rings. The first-order chi connectivity index (χ1) is 10.2. The van der Waals surface area contributed by atoms with Crippen LogP contribution in [0.3, 0.4) is 0 Å². The van der Waals surface area contributed by atoms with Gasteiger partial charge in [0.15, 0.2) is 0 Å². The molecule has 4 nitrogen and oxygen atoms in total. The van der Waals surface area contributed by atoms with Gasteiger partial charge in [0.2, 0.25) is 0 Å². The van der Waals surface area contributed by atoms with Gasteiger partial charge >= 0.3 is 5.97 Å². The summed E-state index contributed by atoms with van der Waals surface area (Å²) in [6.07, 6.45) is 5.37. The first kappa shape index (κ1) is 13.6. The van der Waals surface area contributed by atoms with Crippen LogP contribution in [0, 0.1) is 17.2 Å². The van der Waals surface area contributed by atoms with Gasteiger partial charge in [0, 0.05) is 17.5 Å². The summed E-state index contributed by atoms with van der Waals surface area (Å²) in [6, 6.07) is 9.78. The molecule has 1 aliphatic rings. The molecule has 1 aromatic heterocycles. The monoisotopic (exact) mass is 280 g/mol. The molecule has 1 saturated carbocycles. The lowest BCUT2D eigenvalue weighted by Gasteiger charge is -2.25. The predicted octanol–water partition coefficient (Wildman–Crippen LogP) is 3.73. The van der Waals surface area contributed by atoms with Gasteiger partial charge in [-0.05, 0) is 55.4 Å². The highest BCUT2D eigenvalue weighted by molar-refractivity contribution is 6.02. The molecular weight excluding hydrogens is 264 g/mol. The van der Waals surface area contributed by atoms with E-state index < -0.39 is 5.97 Å². The van der Waals surface area contributed by atoms with Crippen molar-refractivity contribution < 1.29 is 9.90 Å². The summed E-state index contributed by atoms with van der Waals surface area (Å²) in [6.45, 7) is 0. The second-order valence-electron chi connectivity index (χ2n) is 5.62. The number of hydrogen-bond donors (Lipinski definition) is 1. The Morgan fingerprint density at radius 1 is 1.24 bits per heavy atom. The van der Waals surface area contributed by atoms with E-state index in [9.17, 15) is 9.90 Å². The highest BCUT2D eigenvalue weighted by Gasteiger charge is 2.22. The van der Waals surface area contributed by atoms with Crippen molar-refractivity contribution in [1.82, 2.24) is 4.98 Å². The van der Waals surface area contributed by atoms with E-state index in [2.05, 4.69) is 11.1 Å². The molecule has 3 rings (SSSR count). The zero-order valence-electron chi connectivity index (χ0n) is 11.6. The minimum Gasteiger partial charge on any atom is -0.478 e. The van der Waals surface area contributed by atoms with E-state index in [1.165, 1.54) is 6.20 Å². The Morgan fingerprint density at radius 3 is 2.67 bits per heavy atom. The van der Waals surface area contributed by atoms with E-state index in [4.69, 9.17) is 5.26 Å². The van der Waals surface area contributed by atoms with Crippen molar-refractivity contribution in [3.63, 3.8) is 0 Å². The highest BCUT2D eigenvalue weighted by atomic mass is 16.4. The van der Waals surface area contributed by atoms with E-state index in [1.54, 1.807) is 6.07 Å². The lowest BCUT2D eigenvalue weighted by Crippen LogP contribution is -2.12. The molecule has 0 aliphatic heterocycles. The number of benzene rings is 1. The number of rotatable bonds is 2. The normalized spacial score (nSPS) is 21.9. The quantitative estimate of drug-likeness (QED) is 0.909. The van der Waals surface area contributed by atoms with Gasteiger partial charge in [-0.1, -0.05) is 6.07 Å². The van der Waals surface area contributed by atoms with Crippen LogP contribution in [-0.2, 0) is 0 Å². The highest BCUT2D eigenvalue weighted by Crippen LogP contribution is 2.36. The zero-order valence-corrected chi connectivity index (χ0v) is 11.6. The first-order valence-corrected chi connectivity index (χ1v) is 7.20. The van der Waals surface area contributed by atoms with E-state index in [1.807, 2.05) is 18.2 Å². The fraction of sp³-hybridized carbons (Fsp3) is 0.353. The van der Waals surface area contributed by atoms with Gasteiger partial charge in [-0.25, -0.2) is 4.79 Å². The Balaban J connectivity index is 1.96. The van der Waals surface area contributed by atoms with Crippen LogP contribution in [0.2, 0.25) is 0 Å². The maximum atomic E-state index is 11.3. The molecule has 21 heavy (non-hydrogen) atoms. The van der Waals surface area contributed by atoms with Gasteiger partial charge in [0.05, 0.1) is 17.1 Å². The average Bonchev–Trinajstić information content (AvgIpc) is 2.53. The van der Waals surface area contributed by atoms with Crippen molar-refractivity contribution in [1.29, 1.82) is 5.26 Å². The molecule has 0 saturated heterocycles. The van der Waals surface area contributed by atoms with Crippen LogP contribution in [-0.4, -0.2) is 16.1 Å². The number of hydrogen-bond acceptors (Lipinski definition) is 3. The second-order valence-corrected chi connectivity index (χ2v) is 5.62. The number of nitriles is 1. The first-order valence-electron chi connectivity index (χ1n) is 7.20. The van der Waals surface area contributed by atoms with E-state index >= 15 is 0 Å². The molecule has 1 heterocycles. The summed E-state index contributed by atoms with van der Waals surface area (Å²) in [5.41, 5.74) is 2.17. The number of carboxylic acids is 1. The standard InChI is InChI=1S/C17H16N2O2/c18-10-11-1-3-12(4-2-11)13-5-6-16-15(9-13)14(17(20)21)7-8-19-16/h5-9,11-12H,1-4H2,(H,20,21). The van der Waals surface area contributed by atoms with Crippen LogP contribution in [0.1, 0.15) is 47.5 Å². The number of carboxylic acid groups (broad SMARTS) is 1. The van der Waals surface area contributed by atoms with E-state index in [-0.39, 0.29) is 5.92 Å². The van der Waals surface area contributed by atoms with Crippen molar-refractivity contribution in [2.75, 3.05) is 0 Å². The number of aromatic carboxylic acids is 1. The van der Waals surface area contributed by atoms with Gasteiger partial charge in [0.25, 0.3) is 0 Å². The molecule has 1 aliphatic carbocycles. The van der Waals surface area contributed by atoms with Gasteiger partial charge in [0.1, 0.15) is 0 Å². The fourth-order valence-electron chi connectivity index (χ4n) is 3.16. The van der Waals surface area contributed by atoms with Crippen molar-refractivity contribution in [3.05, 3.63) is 41.6 Å². The number of fused-ring (bicyclic) bond motifs is 1. The van der Waals surface area contributed by atoms with Crippen LogP contribution >= 0.6 is 0 Å². The zero-order chi connectivity index (χ0) is 14.8. The Hall–Kier alpha value is -2.41. The average molecular weight is 280 g/mol. The largest absolute Gasteiger partial charge is 0.478 e. The third-order valence-electron chi connectivity index (χ3n) is 4.38. The van der Waals surface area contributed by atoms with E-state index in [0.717, 1.165) is 31.2 Å². The van der Waals surface area contributed by atoms with Crippen LogP contribution in [0.25, 0.3) is 10.9 Å². The third-order valence-corrected chi connectivity index (χ3v) is 4.38. The van der Waals surface area contributed by atoms with Crippen LogP contribution in [0.4, 0.5) is 0 Å². The summed E-state index contributed by atoms with van der Waals surface area (Å²) in [5.74, 6) is -0.327. The Kier molecular flexibility index (Phi) is 3.57. The molecule has 1 aromatic carbocycles. The Morgan fingerprint density at radius 2 is 2.00 bits per heavy atom. The summed E-state index contributed by atoms with van der Waals surface area (Å²) in [4.78, 5) is 15.5. The SMILES string of the molecule is N#CC1CCC(c2ccc3nccc(C(=O)O)c3c2)CC1. The minimum absolute atomic E-state index is 0.179. The molecule has 0 unspecified atom stereocenters. The fourth-order valence-corrected chi connectivity index (χ4v) is 3.16. The van der Waals surface area contributed by atoms with Crippen LogP contribution < -0.4 is 0 Å². The Bertz CT molecular complexity index is 725. The molecule has 4 heteroatoms. The van der Waals surface area contributed by atoms with Gasteiger partial charge in [-0.15, -0.1) is 0 Å². The summed E-state index contributed by atoms with van der Waals surface area (Å²) < 4.78 is 0. The molecular formula is C17H16N2O2. The lowest BCUT2D eigenvalue weighted by molar-refractivity contribution is 0.0699. The van der Waals surface area contributed by atoms with E-state index in [0.29, 0.717) is 22.4 Å². The summed E-state index contributed by atoms with van der Waals surface area (Å²) >= 11 is 0. The predicted molar refractivity (Wildman–Crippen MR) is 79.0 cm³/mol. The molecule has 106 valence electrons. The maximum absolute atomic E-state index is 11.3.